The molecule has 0 aliphatic heterocycles. The quantitative estimate of drug-likeness (QED) is 0.356. The summed E-state index contributed by atoms with van der Waals surface area (Å²) in [6, 6.07) is 21.4. The fraction of sp³-hybridized carbons (Fsp3) is 0.355. The van der Waals surface area contributed by atoms with Crippen LogP contribution in [0.5, 0.6) is 5.75 Å². The standard InChI is InChI=1S/C31H39N3O5S/c1-7-28(30(36)32-31(3,4)5)33(21-24-13-11-12-23(2)20-24)29(35)22-34(25-16-18-26(39-6)19-17-25)40(37,38)27-14-9-8-10-15-27/h8-20,28H,7,21-22H2,1-6H3,(H,32,36)/t28-/m1/s1. The van der Waals surface area contributed by atoms with Gasteiger partial charge in [-0.2, -0.15) is 0 Å². The van der Waals surface area contributed by atoms with Gasteiger partial charge in [-0.3, -0.25) is 13.9 Å². The van der Waals surface area contributed by atoms with Crippen molar-refractivity contribution in [2.45, 2.75) is 64.1 Å². The number of aryl methyl sites for hydroxylation is 1. The molecule has 0 radical (unpaired) electrons. The summed E-state index contributed by atoms with van der Waals surface area (Å²) in [4.78, 5) is 29.0. The largest absolute Gasteiger partial charge is 0.497 e. The number of nitrogens with zero attached hydrogens (tertiary/aromatic N) is 2. The number of anilines is 1. The Morgan fingerprint density at radius 3 is 2.15 bits per heavy atom. The molecule has 9 heteroatoms. The lowest BCUT2D eigenvalue weighted by molar-refractivity contribution is -0.141. The Morgan fingerprint density at radius 2 is 1.60 bits per heavy atom. The van der Waals surface area contributed by atoms with Crippen LogP contribution in [-0.2, 0) is 26.2 Å². The van der Waals surface area contributed by atoms with E-state index in [1.807, 2.05) is 58.9 Å². The van der Waals surface area contributed by atoms with E-state index in [-0.39, 0.29) is 17.3 Å². The first-order valence-electron chi connectivity index (χ1n) is 13.2. The molecule has 0 aliphatic rings. The molecular formula is C31H39N3O5S. The topological polar surface area (TPSA) is 96.0 Å². The highest BCUT2D eigenvalue weighted by Crippen LogP contribution is 2.27. The molecule has 214 valence electrons. The van der Waals surface area contributed by atoms with E-state index in [0.717, 1.165) is 15.4 Å². The van der Waals surface area contributed by atoms with Crippen LogP contribution in [-0.4, -0.2) is 50.4 Å². The summed E-state index contributed by atoms with van der Waals surface area (Å²) < 4.78 is 34.0. The van der Waals surface area contributed by atoms with E-state index in [0.29, 0.717) is 17.9 Å². The third-order valence-corrected chi connectivity index (χ3v) is 8.08. The highest BCUT2D eigenvalue weighted by Gasteiger charge is 2.34. The van der Waals surface area contributed by atoms with Crippen LogP contribution in [0.4, 0.5) is 5.69 Å². The van der Waals surface area contributed by atoms with Crippen molar-refractivity contribution in [2.75, 3.05) is 18.0 Å². The zero-order chi connectivity index (χ0) is 29.5. The van der Waals surface area contributed by atoms with Gasteiger partial charge in [-0.15, -0.1) is 0 Å². The van der Waals surface area contributed by atoms with Crippen LogP contribution in [0.1, 0.15) is 45.2 Å². The molecule has 1 atom stereocenters. The summed E-state index contributed by atoms with van der Waals surface area (Å²) in [6.07, 6.45) is 0.355. The summed E-state index contributed by atoms with van der Waals surface area (Å²) >= 11 is 0. The maximum atomic E-state index is 14.1. The van der Waals surface area contributed by atoms with E-state index in [1.165, 1.54) is 24.1 Å². The monoisotopic (exact) mass is 565 g/mol. The van der Waals surface area contributed by atoms with Crippen molar-refractivity contribution in [3.63, 3.8) is 0 Å². The molecule has 0 spiro atoms. The molecule has 0 saturated heterocycles. The Hall–Kier alpha value is -3.85. The summed E-state index contributed by atoms with van der Waals surface area (Å²) in [5.74, 6) is -0.233. The SMILES string of the molecule is CC[C@H](C(=O)NC(C)(C)C)N(Cc1cccc(C)c1)C(=O)CN(c1ccc(OC)cc1)S(=O)(=O)c1ccccc1. The number of amides is 2. The second kappa shape index (κ2) is 13.0. The molecule has 3 aromatic carbocycles. The lowest BCUT2D eigenvalue weighted by atomic mass is 10.0. The second-order valence-electron chi connectivity index (χ2n) is 10.7. The van der Waals surface area contributed by atoms with Crippen molar-refractivity contribution in [1.82, 2.24) is 10.2 Å². The first kappa shape index (κ1) is 30.7. The van der Waals surface area contributed by atoms with E-state index in [1.54, 1.807) is 42.5 Å². The molecule has 0 fully saturated rings. The zero-order valence-electron chi connectivity index (χ0n) is 24.0. The van der Waals surface area contributed by atoms with Crippen LogP contribution in [0.25, 0.3) is 0 Å². The minimum absolute atomic E-state index is 0.0568. The maximum absolute atomic E-state index is 14.1. The van der Waals surface area contributed by atoms with Crippen molar-refractivity contribution < 1.29 is 22.7 Å². The molecular weight excluding hydrogens is 526 g/mol. The van der Waals surface area contributed by atoms with Gasteiger partial charge in [0, 0.05) is 12.1 Å². The zero-order valence-corrected chi connectivity index (χ0v) is 24.9. The van der Waals surface area contributed by atoms with Gasteiger partial charge in [0.15, 0.2) is 0 Å². The lowest BCUT2D eigenvalue weighted by Gasteiger charge is -2.34. The van der Waals surface area contributed by atoms with Crippen molar-refractivity contribution >= 4 is 27.5 Å². The van der Waals surface area contributed by atoms with Gasteiger partial charge in [-0.25, -0.2) is 8.42 Å². The van der Waals surface area contributed by atoms with Crippen LogP contribution in [0.3, 0.4) is 0 Å². The van der Waals surface area contributed by atoms with Gasteiger partial charge in [0.1, 0.15) is 18.3 Å². The molecule has 3 aromatic rings. The van der Waals surface area contributed by atoms with Crippen LogP contribution in [0.15, 0.2) is 83.8 Å². The minimum atomic E-state index is -4.12. The van der Waals surface area contributed by atoms with Crippen molar-refractivity contribution in [1.29, 1.82) is 0 Å². The number of nitrogens with one attached hydrogen (secondary N) is 1. The Labute approximate surface area is 238 Å². The van der Waals surface area contributed by atoms with Gasteiger partial charge in [-0.1, -0.05) is 55.0 Å². The highest BCUT2D eigenvalue weighted by atomic mass is 32.2. The average molecular weight is 566 g/mol. The maximum Gasteiger partial charge on any atom is 0.264 e. The highest BCUT2D eigenvalue weighted by molar-refractivity contribution is 7.92. The molecule has 40 heavy (non-hydrogen) atoms. The van der Waals surface area contributed by atoms with E-state index < -0.39 is 34.1 Å². The molecule has 0 bridgehead atoms. The number of benzene rings is 3. The van der Waals surface area contributed by atoms with Crippen molar-refractivity contribution in [3.05, 3.63) is 90.0 Å². The van der Waals surface area contributed by atoms with Crippen LogP contribution < -0.4 is 14.4 Å². The van der Waals surface area contributed by atoms with Gasteiger partial charge in [-0.05, 0) is 76.1 Å². The van der Waals surface area contributed by atoms with Gasteiger partial charge >= 0.3 is 0 Å². The summed E-state index contributed by atoms with van der Waals surface area (Å²) in [6.45, 7) is 9.09. The molecule has 0 aliphatic carbocycles. The van der Waals surface area contributed by atoms with Crippen molar-refractivity contribution in [2.24, 2.45) is 0 Å². The molecule has 0 unspecified atom stereocenters. The summed E-state index contributed by atoms with van der Waals surface area (Å²) in [5.41, 5.74) is 1.66. The Balaban J connectivity index is 2.06. The molecule has 2 amide bonds. The number of hydrogen-bond donors (Lipinski definition) is 1. The minimum Gasteiger partial charge on any atom is -0.497 e. The number of hydrogen-bond acceptors (Lipinski definition) is 5. The van der Waals surface area contributed by atoms with E-state index >= 15 is 0 Å². The lowest BCUT2D eigenvalue weighted by Crippen LogP contribution is -2.55. The number of carbonyl (C=O) groups excluding carboxylic acids is 2. The summed E-state index contributed by atoms with van der Waals surface area (Å²) in [5, 5.41) is 2.98. The molecule has 0 saturated carbocycles. The third-order valence-electron chi connectivity index (χ3n) is 6.29. The number of ether oxygens (including phenoxy) is 1. The van der Waals surface area contributed by atoms with Crippen LogP contribution >= 0.6 is 0 Å². The first-order valence-corrected chi connectivity index (χ1v) is 14.7. The second-order valence-corrected chi connectivity index (χ2v) is 12.6. The molecule has 8 nitrogen and oxygen atoms in total. The first-order chi connectivity index (χ1) is 18.9. The fourth-order valence-corrected chi connectivity index (χ4v) is 5.81. The fourth-order valence-electron chi connectivity index (χ4n) is 4.38. The van der Waals surface area contributed by atoms with Crippen LogP contribution in [0, 0.1) is 6.92 Å². The average Bonchev–Trinajstić information content (AvgIpc) is 2.91. The molecule has 1 N–H and O–H groups in total. The summed E-state index contributed by atoms with van der Waals surface area (Å²) in [7, 11) is -2.60. The van der Waals surface area contributed by atoms with Gasteiger partial charge < -0.3 is 15.0 Å². The normalized spacial score (nSPS) is 12.3. The number of sulfonamides is 1. The Bertz CT molecular complexity index is 1400. The van der Waals surface area contributed by atoms with E-state index in [2.05, 4.69) is 5.32 Å². The van der Waals surface area contributed by atoms with Crippen molar-refractivity contribution in [3.8, 4) is 5.75 Å². The van der Waals surface area contributed by atoms with E-state index in [4.69, 9.17) is 4.74 Å². The molecule has 0 heterocycles. The predicted octanol–water partition coefficient (Wildman–Crippen LogP) is 4.92. The Kier molecular flexibility index (Phi) is 9.98. The number of carbonyl (C=O) groups is 2. The number of rotatable bonds is 11. The van der Waals surface area contributed by atoms with Gasteiger partial charge in [0.05, 0.1) is 17.7 Å². The molecule has 0 aromatic heterocycles. The van der Waals surface area contributed by atoms with Crippen LogP contribution in [0.2, 0.25) is 0 Å². The predicted molar refractivity (Wildman–Crippen MR) is 158 cm³/mol. The third kappa shape index (κ3) is 7.85. The smallest absolute Gasteiger partial charge is 0.264 e. The Morgan fingerprint density at radius 1 is 0.950 bits per heavy atom. The van der Waals surface area contributed by atoms with E-state index in [9.17, 15) is 18.0 Å². The van der Waals surface area contributed by atoms with Gasteiger partial charge in [0.2, 0.25) is 11.8 Å². The van der Waals surface area contributed by atoms with Gasteiger partial charge in [0.25, 0.3) is 10.0 Å². The molecule has 3 rings (SSSR count). The number of methoxy groups -OCH3 is 1.